The van der Waals surface area contributed by atoms with Crippen LogP contribution in [0.2, 0.25) is 0 Å². The van der Waals surface area contributed by atoms with Crippen LogP contribution in [0.25, 0.3) is 0 Å². The predicted molar refractivity (Wildman–Crippen MR) is 149 cm³/mol. The summed E-state index contributed by atoms with van der Waals surface area (Å²) in [5.74, 6) is -0.742. The Morgan fingerprint density at radius 1 is 1.11 bits per heavy atom. The van der Waals surface area contributed by atoms with Gasteiger partial charge in [0.25, 0.3) is 0 Å². The maximum Gasteiger partial charge on any atom is 0.226 e. The molecule has 1 saturated heterocycles. The predicted octanol–water partition coefficient (Wildman–Crippen LogP) is 5.08. The number of amides is 1. The van der Waals surface area contributed by atoms with Gasteiger partial charge in [-0.05, 0) is 73.6 Å². The Labute approximate surface area is 226 Å². The number of hydrogen-bond donors (Lipinski definition) is 2. The third kappa shape index (κ3) is 5.28. The van der Waals surface area contributed by atoms with Crippen molar-refractivity contribution < 1.29 is 9.18 Å². The van der Waals surface area contributed by atoms with Crippen LogP contribution in [0.4, 0.5) is 10.1 Å². The summed E-state index contributed by atoms with van der Waals surface area (Å²) in [5.41, 5.74) is 5.50. The minimum atomic E-state index is -0.464. The van der Waals surface area contributed by atoms with Crippen molar-refractivity contribution in [1.82, 2.24) is 24.8 Å². The maximum absolute atomic E-state index is 14.0. The average molecular weight is 529 g/mol. The molecule has 2 N–H and O–H groups in total. The van der Waals surface area contributed by atoms with Gasteiger partial charge in [-0.25, -0.2) is 4.39 Å². The molecular weight excluding hydrogens is 499 g/mol. The molecule has 2 atom stereocenters. The number of anilines is 1. The van der Waals surface area contributed by atoms with E-state index in [-0.39, 0.29) is 30.1 Å². The summed E-state index contributed by atoms with van der Waals surface area (Å²) in [6.07, 6.45) is 5.57. The normalized spacial score (nSPS) is 16.9. The molecule has 4 heterocycles. The summed E-state index contributed by atoms with van der Waals surface area (Å²) in [7, 11) is 0. The summed E-state index contributed by atoms with van der Waals surface area (Å²) < 4.78 is 16.3. The molecule has 4 aromatic rings. The molecule has 0 unspecified atom stereocenters. The van der Waals surface area contributed by atoms with Crippen molar-refractivity contribution in [3.63, 3.8) is 0 Å². The molecule has 0 aliphatic carbocycles. The van der Waals surface area contributed by atoms with Gasteiger partial charge in [-0.1, -0.05) is 24.3 Å². The largest absolute Gasteiger partial charge is 0.352 e. The van der Waals surface area contributed by atoms with Gasteiger partial charge in [0.2, 0.25) is 5.91 Å². The molecule has 38 heavy (non-hydrogen) atoms. The molecule has 1 aliphatic heterocycles. The number of halogens is 1. The number of carbonyl (C=O) groups excluding carboxylic acids is 1. The first-order valence-corrected chi connectivity index (χ1v) is 12.9. The third-order valence-electron chi connectivity index (χ3n) is 6.92. The number of pyridine rings is 2. The SMILES string of the molecule is Cc1cc([C@H]2[C@@H](c3ccccn3)NC(=S)N2CCC(=O)Nc2ccccc2F)c(C)n1Cc1cccnc1. The Bertz CT molecular complexity index is 1440. The van der Waals surface area contributed by atoms with E-state index in [0.717, 1.165) is 28.2 Å². The molecule has 3 aromatic heterocycles. The zero-order chi connectivity index (χ0) is 26.6. The van der Waals surface area contributed by atoms with Crippen molar-refractivity contribution in [2.45, 2.75) is 38.9 Å². The van der Waals surface area contributed by atoms with Gasteiger partial charge < -0.3 is 20.1 Å². The van der Waals surface area contributed by atoms with Crippen molar-refractivity contribution in [2.75, 3.05) is 11.9 Å². The van der Waals surface area contributed by atoms with E-state index in [9.17, 15) is 9.18 Å². The smallest absolute Gasteiger partial charge is 0.226 e. The van der Waals surface area contributed by atoms with E-state index < -0.39 is 5.82 Å². The highest BCUT2D eigenvalue weighted by molar-refractivity contribution is 7.80. The first kappa shape index (κ1) is 25.5. The molecule has 1 aromatic carbocycles. The van der Waals surface area contributed by atoms with E-state index in [2.05, 4.69) is 51.1 Å². The number of para-hydroxylation sites is 1. The van der Waals surface area contributed by atoms with Crippen LogP contribution in [0.3, 0.4) is 0 Å². The fourth-order valence-corrected chi connectivity index (χ4v) is 5.36. The Kier molecular flexibility index (Phi) is 7.46. The lowest BCUT2D eigenvalue weighted by atomic mass is 9.96. The molecule has 5 rings (SSSR count). The Morgan fingerprint density at radius 2 is 1.92 bits per heavy atom. The van der Waals surface area contributed by atoms with Crippen LogP contribution in [0, 0.1) is 19.7 Å². The fraction of sp³-hybridized carbons (Fsp3) is 0.241. The zero-order valence-electron chi connectivity index (χ0n) is 21.3. The second-order valence-electron chi connectivity index (χ2n) is 9.37. The summed E-state index contributed by atoms with van der Waals surface area (Å²) in [5, 5.41) is 6.67. The number of carbonyl (C=O) groups is 1. The van der Waals surface area contributed by atoms with Gasteiger partial charge in [0.05, 0.1) is 23.5 Å². The van der Waals surface area contributed by atoms with E-state index in [4.69, 9.17) is 12.2 Å². The molecule has 1 fully saturated rings. The van der Waals surface area contributed by atoms with E-state index in [1.54, 1.807) is 30.6 Å². The first-order chi connectivity index (χ1) is 18.4. The summed E-state index contributed by atoms with van der Waals surface area (Å²) >= 11 is 5.77. The van der Waals surface area contributed by atoms with Crippen LogP contribution in [-0.2, 0) is 11.3 Å². The number of hydrogen-bond acceptors (Lipinski definition) is 4. The molecule has 0 radical (unpaired) electrons. The van der Waals surface area contributed by atoms with Crippen LogP contribution < -0.4 is 10.6 Å². The van der Waals surface area contributed by atoms with Crippen molar-refractivity contribution in [3.8, 4) is 0 Å². The van der Waals surface area contributed by atoms with E-state index in [1.807, 2.05) is 35.4 Å². The highest BCUT2D eigenvalue weighted by atomic mass is 32.1. The monoisotopic (exact) mass is 528 g/mol. The molecule has 0 saturated carbocycles. The zero-order valence-corrected chi connectivity index (χ0v) is 22.1. The van der Waals surface area contributed by atoms with Gasteiger partial charge in [-0.2, -0.15) is 0 Å². The van der Waals surface area contributed by atoms with E-state index >= 15 is 0 Å². The second-order valence-corrected chi connectivity index (χ2v) is 9.76. The molecular formula is C29H29FN6OS. The van der Waals surface area contributed by atoms with Gasteiger partial charge in [-0.3, -0.25) is 14.8 Å². The standard InChI is InChI=1S/C29H29FN6OS/c1-19-16-22(20(2)36(19)18-21-8-7-13-31-17-21)28-27(25-11-5-6-14-32-25)34-29(38)35(28)15-12-26(37)33-24-10-4-3-9-23(24)30/h3-11,13-14,16-17,27-28H,12,15,18H2,1-2H3,(H,33,37)(H,34,38)/t27-,28+/m1/s1. The quantitative estimate of drug-likeness (QED) is 0.311. The van der Waals surface area contributed by atoms with Crippen LogP contribution in [0.5, 0.6) is 0 Å². The maximum atomic E-state index is 14.0. The second kappa shape index (κ2) is 11.1. The number of benzene rings is 1. The van der Waals surface area contributed by atoms with Crippen LogP contribution in [0.15, 0.2) is 79.3 Å². The molecule has 0 bridgehead atoms. The molecule has 1 aliphatic rings. The van der Waals surface area contributed by atoms with Gasteiger partial charge in [0.15, 0.2) is 5.11 Å². The lowest BCUT2D eigenvalue weighted by Gasteiger charge is -2.28. The third-order valence-corrected chi connectivity index (χ3v) is 7.27. The number of nitrogens with zero attached hydrogens (tertiary/aromatic N) is 4. The number of nitrogens with one attached hydrogen (secondary N) is 2. The minimum Gasteiger partial charge on any atom is -0.352 e. The Hall–Kier alpha value is -4.11. The summed E-state index contributed by atoms with van der Waals surface area (Å²) in [4.78, 5) is 23.7. The van der Waals surface area contributed by atoms with Gasteiger partial charge in [0.1, 0.15) is 5.82 Å². The minimum absolute atomic E-state index is 0.149. The van der Waals surface area contributed by atoms with Crippen LogP contribution in [0.1, 0.15) is 46.7 Å². The van der Waals surface area contributed by atoms with E-state index in [0.29, 0.717) is 18.2 Å². The molecule has 194 valence electrons. The van der Waals surface area contributed by atoms with E-state index in [1.165, 1.54) is 6.07 Å². The van der Waals surface area contributed by atoms with Crippen molar-refractivity contribution in [1.29, 1.82) is 0 Å². The Morgan fingerprint density at radius 3 is 2.66 bits per heavy atom. The van der Waals surface area contributed by atoms with Gasteiger partial charge >= 0.3 is 0 Å². The molecule has 7 nitrogen and oxygen atoms in total. The summed E-state index contributed by atoms with van der Waals surface area (Å²) in [6.45, 7) is 5.27. The molecule has 9 heteroatoms. The number of aromatic nitrogens is 3. The molecule has 1 amide bonds. The lowest BCUT2D eigenvalue weighted by molar-refractivity contribution is -0.116. The average Bonchev–Trinajstić information content (AvgIpc) is 3.40. The van der Waals surface area contributed by atoms with Gasteiger partial charge in [0, 0.05) is 49.5 Å². The van der Waals surface area contributed by atoms with Crippen LogP contribution in [-0.4, -0.2) is 37.0 Å². The lowest BCUT2D eigenvalue weighted by Crippen LogP contribution is -2.33. The number of rotatable bonds is 8. The van der Waals surface area contributed by atoms with Crippen LogP contribution >= 0.6 is 12.2 Å². The fourth-order valence-electron chi connectivity index (χ4n) is 5.03. The Balaban J connectivity index is 1.43. The molecule has 0 spiro atoms. The highest BCUT2D eigenvalue weighted by Gasteiger charge is 2.41. The number of thiocarbonyl (C=S) groups is 1. The highest BCUT2D eigenvalue weighted by Crippen LogP contribution is 2.41. The first-order valence-electron chi connectivity index (χ1n) is 12.5. The van der Waals surface area contributed by atoms with Crippen molar-refractivity contribution >= 4 is 28.9 Å². The van der Waals surface area contributed by atoms with Crippen molar-refractivity contribution in [2.24, 2.45) is 0 Å². The number of aryl methyl sites for hydroxylation is 1. The van der Waals surface area contributed by atoms with Gasteiger partial charge in [-0.15, -0.1) is 0 Å². The summed E-state index contributed by atoms with van der Waals surface area (Å²) in [6, 6.07) is 17.8. The topological polar surface area (TPSA) is 75.1 Å². The van der Waals surface area contributed by atoms with Crippen molar-refractivity contribution in [3.05, 3.63) is 113 Å².